The zero-order valence-corrected chi connectivity index (χ0v) is 16.5. The molecule has 0 aliphatic carbocycles. The molecule has 0 aliphatic heterocycles. The van der Waals surface area contributed by atoms with Gasteiger partial charge in [-0.2, -0.15) is 0 Å². The van der Waals surface area contributed by atoms with Gasteiger partial charge in [-0.3, -0.25) is 9.59 Å². The molecule has 2 amide bonds. The van der Waals surface area contributed by atoms with Gasteiger partial charge in [0.1, 0.15) is 5.75 Å². The Morgan fingerprint density at radius 2 is 1.82 bits per heavy atom. The molecule has 0 bridgehead atoms. The first-order chi connectivity index (χ1) is 13.5. The highest BCUT2D eigenvalue weighted by Crippen LogP contribution is 2.24. The minimum absolute atomic E-state index is 0.188. The third kappa shape index (κ3) is 5.22. The Hall–Kier alpha value is -3.09. The molecule has 0 atom stereocenters. The predicted molar refractivity (Wildman–Crippen MR) is 114 cm³/mol. The fourth-order valence-electron chi connectivity index (χ4n) is 2.46. The van der Waals surface area contributed by atoms with Crippen molar-refractivity contribution >= 4 is 52.2 Å². The van der Waals surface area contributed by atoms with Gasteiger partial charge in [0, 0.05) is 28.0 Å². The molecule has 0 aliphatic rings. The van der Waals surface area contributed by atoms with Crippen LogP contribution >= 0.6 is 22.9 Å². The van der Waals surface area contributed by atoms with Gasteiger partial charge in [0.25, 0.3) is 5.91 Å². The lowest BCUT2D eigenvalue weighted by molar-refractivity contribution is -0.111. The Morgan fingerprint density at radius 3 is 2.54 bits per heavy atom. The lowest BCUT2D eigenvalue weighted by Crippen LogP contribution is -2.11. The van der Waals surface area contributed by atoms with Crippen LogP contribution in [0.4, 0.5) is 11.4 Å². The van der Waals surface area contributed by atoms with E-state index in [-0.39, 0.29) is 11.8 Å². The monoisotopic (exact) mass is 412 g/mol. The highest BCUT2D eigenvalue weighted by Gasteiger charge is 2.08. The molecular weight excluding hydrogens is 396 g/mol. The maximum atomic E-state index is 12.2. The number of hydrogen-bond donors (Lipinski definition) is 2. The Labute approximate surface area is 171 Å². The van der Waals surface area contributed by atoms with E-state index in [0.29, 0.717) is 32.6 Å². The van der Waals surface area contributed by atoms with Crippen molar-refractivity contribution in [2.45, 2.75) is 0 Å². The predicted octanol–water partition coefficient (Wildman–Crippen LogP) is 5.31. The number of ether oxygens (including phenoxy) is 1. The van der Waals surface area contributed by atoms with Crippen molar-refractivity contribution in [3.63, 3.8) is 0 Å². The first-order valence-corrected chi connectivity index (χ1v) is 9.58. The summed E-state index contributed by atoms with van der Waals surface area (Å²) in [6.45, 7) is 0. The third-order valence-electron chi connectivity index (χ3n) is 3.74. The van der Waals surface area contributed by atoms with Crippen LogP contribution in [0.5, 0.6) is 5.75 Å². The van der Waals surface area contributed by atoms with E-state index in [1.165, 1.54) is 17.4 Å². The zero-order chi connectivity index (χ0) is 19.9. The van der Waals surface area contributed by atoms with E-state index in [1.807, 2.05) is 11.4 Å². The molecule has 1 aromatic heterocycles. The highest BCUT2D eigenvalue weighted by atomic mass is 35.5. The van der Waals surface area contributed by atoms with E-state index in [2.05, 4.69) is 10.6 Å². The SMILES string of the molecule is COc1ccc(Cl)cc1/C=C/C(=O)Nc1cccc(NC(=O)c2cccs2)c1. The quantitative estimate of drug-likeness (QED) is 0.539. The van der Waals surface area contributed by atoms with E-state index in [9.17, 15) is 9.59 Å². The summed E-state index contributed by atoms with van der Waals surface area (Å²) < 4.78 is 5.25. The zero-order valence-electron chi connectivity index (χ0n) is 14.9. The summed E-state index contributed by atoms with van der Waals surface area (Å²) in [6, 6.07) is 15.7. The number of rotatable bonds is 6. The van der Waals surface area contributed by atoms with Gasteiger partial charge < -0.3 is 15.4 Å². The Bertz CT molecular complexity index is 1020. The van der Waals surface area contributed by atoms with Gasteiger partial charge in [-0.05, 0) is 53.9 Å². The van der Waals surface area contributed by atoms with Crippen molar-refractivity contribution in [2.24, 2.45) is 0 Å². The van der Waals surface area contributed by atoms with E-state index in [1.54, 1.807) is 61.7 Å². The van der Waals surface area contributed by atoms with E-state index < -0.39 is 0 Å². The third-order valence-corrected chi connectivity index (χ3v) is 4.84. The van der Waals surface area contributed by atoms with Crippen molar-refractivity contribution in [3.05, 3.63) is 81.5 Å². The van der Waals surface area contributed by atoms with Crippen LogP contribution in [0.15, 0.2) is 66.1 Å². The number of hydrogen-bond acceptors (Lipinski definition) is 4. The minimum atomic E-state index is -0.316. The van der Waals surface area contributed by atoms with Gasteiger partial charge in [-0.25, -0.2) is 0 Å². The Kier molecular flexibility index (Phi) is 6.47. The van der Waals surface area contributed by atoms with Crippen LogP contribution in [0.3, 0.4) is 0 Å². The molecule has 1 heterocycles. The normalized spacial score (nSPS) is 10.6. The van der Waals surface area contributed by atoms with Crippen molar-refractivity contribution in [1.82, 2.24) is 0 Å². The first-order valence-electron chi connectivity index (χ1n) is 8.32. The number of benzene rings is 2. The van der Waals surface area contributed by atoms with Crippen molar-refractivity contribution in [3.8, 4) is 5.75 Å². The molecule has 7 heteroatoms. The first kappa shape index (κ1) is 19.7. The summed E-state index contributed by atoms with van der Waals surface area (Å²) in [5.41, 5.74) is 1.86. The van der Waals surface area contributed by atoms with Crippen molar-refractivity contribution in [2.75, 3.05) is 17.7 Å². The molecule has 3 aromatic rings. The van der Waals surface area contributed by atoms with Crippen LogP contribution in [0.1, 0.15) is 15.2 Å². The summed E-state index contributed by atoms with van der Waals surface area (Å²) in [7, 11) is 1.55. The fraction of sp³-hybridized carbons (Fsp3) is 0.0476. The molecule has 0 saturated heterocycles. The molecule has 2 N–H and O–H groups in total. The Morgan fingerprint density at radius 1 is 1.04 bits per heavy atom. The molecular formula is C21H17ClN2O3S. The maximum Gasteiger partial charge on any atom is 0.265 e. The largest absolute Gasteiger partial charge is 0.496 e. The second-order valence-electron chi connectivity index (χ2n) is 5.72. The number of carbonyl (C=O) groups excluding carboxylic acids is 2. The van der Waals surface area contributed by atoms with Gasteiger partial charge in [-0.1, -0.05) is 23.7 Å². The van der Waals surface area contributed by atoms with Crippen LogP contribution in [0, 0.1) is 0 Å². The standard InChI is InChI=1S/C21H17ClN2O3S/c1-27-18-9-8-15(22)12-14(18)7-10-20(25)23-16-4-2-5-17(13-16)24-21(26)19-6-3-11-28-19/h2-13H,1H3,(H,23,25)(H,24,26)/b10-7+. The molecule has 5 nitrogen and oxygen atoms in total. The molecule has 0 saturated carbocycles. The van der Waals surface area contributed by atoms with Crippen LogP contribution in [0.2, 0.25) is 5.02 Å². The number of anilines is 2. The van der Waals surface area contributed by atoms with Gasteiger partial charge in [-0.15, -0.1) is 11.3 Å². The molecule has 142 valence electrons. The summed E-state index contributed by atoms with van der Waals surface area (Å²) >= 11 is 7.35. The number of thiophene rings is 1. The van der Waals surface area contributed by atoms with E-state index in [0.717, 1.165) is 0 Å². The second kappa shape index (κ2) is 9.21. The average Bonchev–Trinajstić information content (AvgIpc) is 3.22. The molecule has 28 heavy (non-hydrogen) atoms. The van der Waals surface area contributed by atoms with Gasteiger partial charge >= 0.3 is 0 Å². The fourth-order valence-corrected chi connectivity index (χ4v) is 3.26. The average molecular weight is 413 g/mol. The van der Waals surface area contributed by atoms with E-state index in [4.69, 9.17) is 16.3 Å². The maximum absolute atomic E-state index is 12.2. The van der Waals surface area contributed by atoms with Crippen molar-refractivity contribution < 1.29 is 14.3 Å². The summed E-state index contributed by atoms with van der Waals surface area (Å²) in [6.07, 6.45) is 3.02. The number of methoxy groups -OCH3 is 1. The van der Waals surface area contributed by atoms with Crippen LogP contribution < -0.4 is 15.4 Å². The lowest BCUT2D eigenvalue weighted by Gasteiger charge is -2.07. The molecule has 0 spiro atoms. The minimum Gasteiger partial charge on any atom is -0.496 e. The number of carbonyl (C=O) groups is 2. The second-order valence-corrected chi connectivity index (χ2v) is 7.11. The summed E-state index contributed by atoms with van der Waals surface area (Å²) in [5.74, 6) is 0.113. The van der Waals surface area contributed by atoms with Gasteiger partial charge in [0.2, 0.25) is 5.91 Å². The molecule has 2 aromatic carbocycles. The van der Waals surface area contributed by atoms with Crippen molar-refractivity contribution in [1.29, 1.82) is 0 Å². The van der Waals surface area contributed by atoms with Crippen LogP contribution in [-0.4, -0.2) is 18.9 Å². The summed E-state index contributed by atoms with van der Waals surface area (Å²) in [5, 5.41) is 7.96. The van der Waals surface area contributed by atoms with Gasteiger partial charge in [0.05, 0.1) is 12.0 Å². The number of amides is 2. The van der Waals surface area contributed by atoms with E-state index >= 15 is 0 Å². The van der Waals surface area contributed by atoms with Gasteiger partial charge in [0.15, 0.2) is 0 Å². The smallest absolute Gasteiger partial charge is 0.265 e. The molecule has 0 radical (unpaired) electrons. The number of halogens is 1. The Balaban J connectivity index is 1.66. The molecule has 0 unspecified atom stereocenters. The summed E-state index contributed by atoms with van der Waals surface area (Å²) in [4.78, 5) is 25.0. The number of nitrogens with one attached hydrogen (secondary N) is 2. The van der Waals surface area contributed by atoms with Crippen LogP contribution in [-0.2, 0) is 4.79 Å². The molecule has 0 fully saturated rings. The molecule has 3 rings (SSSR count). The lowest BCUT2D eigenvalue weighted by atomic mass is 10.2. The van der Waals surface area contributed by atoms with Crippen LogP contribution in [0.25, 0.3) is 6.08 Å². The highest BCUT2D eigenvalue weighted by molar-refractivity contribution is 7.12. The topological polar surface area (TPSA) is 67.4 Å².